The zero-order chi connectivity index (χ0) is 16.4. The van der Waals surface area contributed by atoms with Gasteiger partial charge in [-0.15, -0.1) is 22.7 Å². The maximum Gasteiger partial charge on any atom is 0.260 e. The van der Waals surface area contributed by atoms with E-state index in [1.807, 2.05) is 10.9 Å². The van der Waals surface area contributed by atoms with E-state index in [-0.39, 0.29) is 5.41 Å². The molecular formula is C16H16N4OS2. The highest BCUT2D eigenvalue weighted by molar-refractivity contribution is 7.21. The third-order valence-electron chi connectivity index (χ3n) is 4.53. The minimum Gasteiger partial charge on any atom is -0.397 e. The summed E-state index contributed by atoms with van der Waals surface area (Å²) in [4.78, 5) is 22.2. The predicted octanol–water partition coefficient (Wildman–Crippen LogP) is 3.32. The first-order valence-corrected chi connectivity index (χ1v) is 9.10. The molecule has 0 radical (unpaired) electrons. The first kappa shape index (κ1) is 14.6. The van der Waals surface area contributed by atoms with Crippen LogP contribution in [0.5, 0.6) is 0 Å². The van der Waals surface area contributed by atoms with Crippen molar-refractivity contribution in [1.29, 1.82) is 0 Å². The lowest BCUT2D eigenvalue weighted by Crippen LogP contribution is -2.14. The van der Waals surface area contributed by atoms with Gasteiger partial charge in [-0.1, -0.05) is 13.8 Å². The Kier molecular flexibility index (Phi) is 3.01. The summed E-state index contributed by atoms with van der Waals surface area (Å²) in [7, 11) is 0. The number of carbonyl (C=O) groups is 1. The normalized spacial score (nSPS) is 15.9. The number of rotatable bonds is 2. The average molecular weight is 344 g/mol. The van der Waals surface area contributed by atoms with Gasteiger partial charge in [-0.05, 0) is 18.4 Å². The second kappa shape index (κ2) is 4.75. The van der Waals surface area contributed by atoms with Crippen molar-refractivity contribution in [3.63, 3.8) is 0 Å². The van der Waals surface area contributed by atoms with Crippen molar-refractivity contribution in [3.8, 4) is 11.3 Å². The van der Waals surface area contributed by atoms with Gasteiger partial charge in [-0.25, -0.2) is 9.97 Å². The third kappa shape index (κ3) is 2.00. The molecule has 0 spiro atoms. The number of carbonyl (C=O) groups excluding carboxylic acids is 1. The van der Waals surface area contributed by atoms with Crippen LogP contribution in [0.15, 0.2) is 10.9 Å². The van der Waals surface area contributed by atoms with Crippen molar-refractivity contribution >= 4 is 44.5 Å². The third-order valence-corrected chi connectivity index (χ3v) is 6.23. The molecule has 0 saturated heterocycles. The highest BCUT2D eigenvalue weighted by Crippen LogP contribution is 2.48. The summed E-state index contributed by atoms with van der Waals surface area (Å²) in [5.74, 6) is -0.505. The van der Waals surface area contributed by atoms with Crippen molar-refractivity contribution in [2.24, 2.45) is 5.73 Å². The van der Waals surface area contributed by atoms with Crippen LogP contribution in [-0.2, 0) is 11.8 Å². The van der Waals surface area contributed by atoms with Crippen LogP contribution in [0.25, 0.3) is 21.5 Å². The quantitative estimate of drug-likeness (QED) is 0.745. The highest BCUT2D eigenvalue weighted by atomic mass is 32.1. The number of hydrogen-bond donors (Lipinski definition) is 2. The van der Waals surface area contributed by atoms with Crippen LogP contribution in [0.2, 0.25) is 0 Å². The molecule has 0 bridgehead atoms. The number of nitrogen functional groups attached to an aromatic ring is 1. The molecule has 0 unspecified atom stereocenters. The van der Waals surface area contributed by atoms with Crippen LogP contribution in [0.3, 0.4) is 0 Å². The smallest absolute Gasteiger partial charge is 0.260 e. The summed E-state index contributed by atoms with van der Waals surface area (Å²) in [5, 5.41) is 2.84. The summed E-state index contributed by atoms with van der Waals surface area (Å²) in [5.41, 5.74) is 18.2. The second-order valence-corrected chi connectivity index (χ2v) is 8.18. The summed E-state index contributed by atoms with van der Waals surface area (Å²) in [6, 6.07) is 0. The Morgan fingerprint density at radius 1 is 1.39 bits per heavy atom. The van der Waals surface area contributed by atoms with Gasteiger partial charge in [-0.2, -0.15) is 0 Å². The molecule has 1 aliphatic carbocycles. The van der Waals surface area contributed by atoms with Gasteiger partial charge in [0.15, 0.2) is 0 Å². The molecule has 7 heteroatoms. The molecule has 0 fully saturated rings. The van der Waals surface area contributed by atoms with Crippen molar-refractivity contribution in [2.45, 2.75) is 32.1 Å². The van der Waals surface area contributed by atoms with E-state index in [2.05, 4.69) is 18.8 Å². The van der Waals surface area contributed by atoms with Gasteiger partial charge in [0.25, 0.3) is 5.91 Å². The number of amides is 1. The van der Waals surface area contributed by atoms with Gasteiger partial charge in [0.05, 0.1) is 22.6 Å². The lowest BCUT2D eigenvalue weighted by Gasteiger charge is -2.18. The minimum atomic E-state index is -0.505. The number of nitrogens with two attached hydrogens (primary N) is 2. The highest BCUT2D eigenvalue weighted by Gasteiger charge is 2.36. The molecule has 0 atom stereocenters. The van der Waals surface area contributed by atoms with E-state index >= 15 is 0 Å². The fraction of sp³-hybridized carbons (Fsp3) is 0.312. The number of anilines is 1. The topological polar surface area (TPSA) is 94.9 Å². The molecule has 1 amide bonds. The van der Waals surface area contributed by atoms with Crippen molar-refractivity contribution in [1.82, 2.24) is 9.97 Å². The number of primary amides is 1. The summed E-state index contributed by atoms with van der Waals surface area (Å²) >= 11 is 2.82. The zero-order valence-corrected chi connectivity index (χ0v) is 14.5. The first-order chi connectivity index (χ1) is 10.9. The Morgan fingerprint density at radius 2 is 2.17 bits per heavy atom. The Hall–Kier alpha value is -1.99. The SMILES string of the molecule is CC1(C)CCc2c1nc1sc(C(N)=O)c(N)c1c2-c1cscn1. The van der Waals surface area contributed by atoms with Gasteiger partial charge in [0.1, 0.15) is 9.71 Å². The van der Waals surface area contributed by atoms with E-state index in [0.717, 1.165) is 40.0 Å². The molecule has 0 aliphatic heterocycles. The maximum absolute atomic E-state index is 11.7. The molecule has 1 aliphatic rings. The van der Waals surface area contributed by atoms with E-state index in [1.165, 1.54) is 16.9 Å². The fourth-order valence-corrected chi connectivity index (χ4v) is 4.85. The Morgan fingerprint density at radius 3 is 2.83 bits per heavy atom. The molecule has 4 N–H and O–H groups in total. The number of fused-ring (bicyclic) bond motifs is 2. The fourth-order valence-electron chi connectivity index (χ4n) is 3.35. The number of pyridine rings is 1. The molecule has 0 aromatic carbocycles. The van der Waals surface area contributed by atoms with Gasteiger partial charge in [-0.3, -0.25) is 4.79 Å². The van der Waals surface area contributed by atoms with Gasteiger partial charge < -0.3 is 11.5 Å². The van der Waals surface area contributed by atoms with Crippen LogP contribution >= 0.6 is 22.7 Å². The Labute approximate surface area is 141 Å². The lowest BCUT2D eigenvalue weighted by atomic mass is 9.89. The van der Waals surface area contributed by atoms with Crippen LogP contribution in [0.1, 0.15) is 41.2 Å². The number of aromatic nitrogens is 2. The number of nitrogens with zero attached hydrogens (tertiary/aromatic N) is 2. The maximum atomic E-state index is 11.7. The van der Waals surface area contributed by atoms with Crippen molar-refractivity contribution in [3.05, 3.63) is 27.0 Å². The average Bonchev–Trinajstić information content (AvgIpc) is 3.18. The van der Waals surface area contributed by atoms with Crippen LogP contribution in [-0.4, -0.2) is 15.9 Å². The predicted molar refractivity (Wildman–Crippen MR) is 95.0 cm³/mol. The van der Waals surface area contributed by atoms with E-state index in [0.29, 0.717) is 10.6 Å². The molecule has 118 valence electrons. The number of thiophene rings is 1. The van der Waals surface area contributed by atoms with E-state index in [4.69, 9.17) is 16.5 Å². The first-order valence-electron chi connectivity index (χ1n) is 7.34. The van der Waals surface area contributed by atoms with Gasteiger partial charge >= 0.3 is 0 Å². The Balaban J connectivity index is 2.17. The van der Waals surface area contributed by atoms with Crippen LogP contribution in [0, 0.1) is 0 Å². The molecule has 0 saturated carbocycles. The number of thiazole rings is 1. The largest absolute Gasteiger partial charge is 0.397 e. The molecule has 3 aromatic heterocycles. The standard InChI is InChI=1S/C16H16N4OS2/c1-16(2)4-3-7-9(8-5-22-6-19-8)10-11(17)12(14(18)21)23-15(10)20-13(7)16/h5-6H,3-4,17H2,1-2H3,(H2,18,21). The summed E-state index contributed by atoms with van der Waals surface area (Å²) in [6.45, 7) is 4.41. The number of hydrogen-bond acceptors (Lipinski definition) is 6. The summed E-state index contributed by atoms with van der Waals surface area (Å²) < 4.78 is 0. The minimum absolute atomic E-state index is 0.0138. The molecule has 23 heavy (non-hydrogen) atoms. The second-order valence-electron chi connectivity index (χ2n) is 6.46. The van der Waals surface area contributed by atoms with E-state index in [9.17, 15) is 4.79 Å². The van der Waals surface area contributed by atoms with Gasteiger partial charge in [0, 0.05) is 21.7 Å². The molecule has 3 aromatic rings. The summed E-state index contributed by atoms with van der Waals surface area (Å²) in [6.07, 6.45) is 1.99. The molecule has 4 rings (SSSR count). The van der Waals surface area contributed by atoms with Crippen molar-refractivity contribution in [2.75, 3.05) is 5.73 Å². The molecular weight excluding hydrogens is 328 g/mol. The van der Waals surface area contributed by atoms with Crippen LogP contribution in [0.4, 0.5) is 5.69 Å². The Bertz CT molecular complexity index is 941. The van der Waals surface area contributed by atoms with E-state index in [1.54, 1.807) is 11.3 Å². The van der Waals surface area contributed by atoms with Crippen LogP contribution < -0.4 is 11.5 Å². The zero-order valence-electron chi connectivity index (χ0n) is 12.8. The molecule has 3 heterocycles. The monoisotopic (exact) mass is 344 g/mol. The van der Waals surface area contributed by atoms with Gasteiger partial charge in [0.2, 0.25) is 0 Å². The lowest BCUT2D eigenvalue weighted by molar-refractivity contribution is 0.100. The molecule has 5 nitrogen and oxygen atoms in total. The van der Waals surface area contributed by atoms with Crippen molar-refractivity contribution < 1.29 is 4.79 Å². The van der Waals surface area contributed by atoms with E-state index < -0.39 is 5.91 Å².